The molecule has 22 heavy (non-hydrogen) atoms. The maximum atomic E-state index is 12.2. The quantitative estimate of drug-likeness (QED) is 0.815. The normalized spacial score (nSPS) is 11.1. The van der Waals surface area contributed by atoms with E-state index in [9.17, 15) is 18.0 Å². The SMILES string of the molecule is COC(=O)c1cncc(-c2ccc(OC(F)(F)F)c(C)c2)n1. The van der Waals surface area contributed by atoms with E-state index in [0.717, 1.165) is 0 Å². The van der Waals surface area contributed by atoms with Gasteiger partial charge in [-0.15, -0.1) is 13.2 Å². The average Bonchev–Trinajstić information content (AvgIpc) is 2.47. The van der Waals surface area contributed by atoms with Gasteiger partial charge < -0.3 is 9.47 Å². The van der Waals surface area contributed by atoms with Crippen LogP contribution < -0.4 is 4.74 Å². The molecular weight excluding hydrogens is 301 g/mol. The summed E-state index contributed by atoms with van der Waals surface area (Å²) in [5, 5.41) is 0. The van der Waals surface area contributed by atoms with Crippen molar-refractivity contribution in [2.45, 2.75) is 13.3 Å². The van der Waals surface area contributed by atoms with Crippen LogP contribution in [-0.2, 0) is 4.74 Å². The number of esters is 1. The summed E-state index contributed by atoms with van der Waals surface area (Å²) in [5.74, 6) is -0.948. The van der Waals surface area contributed by atoms with E-state index in [1.54, 1.807) is 0 Å². The smallest absolute Gasteiger partial charge is 0.464 e. The number of aryl methyl sites for hydroxylation is 1. The van der Waals surface area contributed by atoms with E-state index < -0.39 is 12.3 Å². The lowest BCUT2D eigenvalue weighted by Gasteiger charge is -2.12. The van der Waals surface area contributed by atoms with Gasteiger partial charge in [-0.2, -0.15) is 0 Å². The molecule has 2 rings (SSSR count). The van der Waals surface area contributed by atoms with Crippen LogP contribution in [0.3, 0.4) is 0 Å². The molecule has 1 heterocycles. The number of benzene rings is 1. The third kappa shape index (κ3) is 3.72. The van der Waals surface area contributed by atoms with E-state index in [1.807, 2.05) is 0 Å². The van der Waals surface area contributed by atoms with E-state index >= 15 is 0 Å². The first-order valence-electron chi connectivity index (χ1n) is 6.07. The highest BCUT2D eigenvalue weighted by molar-refractivity contribution is 5.87. The summed E-state index contributed by atoms with van der Waals surface area (Å²) in [7, 11) is 1.21. The predicted octanol–water partition coefficient (Wildman–Crippen LogP) is 3.14. The van der Waals surface area contributed by atoms with Gasteiger partial charge in [0.1, 0.15) is 5.75 Å². The van der Waals surface area contributed by atoms with Crippen molar-refractivity contribution in [2.24, 2.45) is 0 Å². The Labute approximate surface area is 123 Å². The second-order valence-electron chi connectivity index (χ2n) is 4.31. The van der Waals surface area contributed by atoms with Gasteiger partial charge in [-0.3, -0.25) is 4.98 Å². The van der Waals surface area contributed by atoms with Crippen molar-refractivity contribution >= 4 is 5.97 Å². The summed E-state index contributed by atoms with van der Waals surface area (Å²) in [6.45, 7) is 1.47. The van der Waals surface area contributed by atoms with E-state index in [-0.39, 0.29) is 17.0 Å². The maximum Gasteiger partial charge on any atom is 0.573 e. The number of halogens is 3. The van der Waals surface area contributed by atoms with Crippen LogP contribution in [0, 0.1) is 6.92 Å². The van der Waals surface area contributed by atoms with Gasteiger partial charge in [-0.1, -0.05) is 0 Å². The van der Waals surface area contributed by atoms with E-state index in [4.69, 9.17) is 0 Å². The minimum atomic E-state index is -4.75. The Hall–Kier alpha value is -2.64. The number of nitrogens with zero attached hydrogens (tertiary/aromatic N) is 2. The number of carbonyl (C=O) groups excluding carboxylic acids is 1. The molecule has 0 radical (unpaired) electrons. The summed E-state index contributed by atoms with van der Waals surface area (Å²) < 4.78 is 45.1. The predicted molar refractivity (Wildman–Crippen MR) is 70.2 cm³/mol. The van der Waals surface area contributed by atoms with Gasteiger partial charge in [-0.05, 0) is 30.7 Å². The molecule has 0 saturated heterocycles. The first-order valence-corrected chi connectivity index (χ1v) is 6.07. The van der Waals surface area contributed by atoms with Crippen LogP contribution >= 0.6 is 0 Å². The summed E-state index contributed by atoms with van der Waals surface area (Å²) in [6, 6.07) is 4.05. The van der Waals surface area contributed by atoms with Crippen molar-refractivity contribution in [3.8, 4) is 17.0 Å². The molecule has 116 valence electrons. The zero-order chi connectivity index (χ0) is 16.3. The van der Waals surface area contributed by atoms with Gasteiger partial charge in [0.15, 0.2) is 5.69 Å². The van der Waals surface area contributed by atoms with Gasteiger partial charge in [0, 0.05) is 5.56 Å². The lowest BCUT2D eigenvalue weighted by atomic mass is 10.1. The molecule has 1 aromatic carbocycles. The van der Waals surface area contributed by atoms with Crippen LogP contribution in [0.15, 0.2) is 30.6 Å². The van der Waals surface area contributed by atoms with Gasteiger partial charge in [0.05, 0.1) is 25.2 Å². The van der Waals surface area contributed by atoms with Crippen molar-refractivity contribution in [1.29, 1.82) is 0 Å². The van der Waals surface area contributed by atoms with Crippen molar-refractivity contribution in [1.82, 2.24) is 9.97 Å². The first-order chi connectivity index (χ1) is 10.3. The number of alkyl halides is 3. The minimum Gasteiger partial charge on any atom is -0.464 e. The Morgan fingerprint density at radius 3 is 2.55 bits per heavy atom. The highest BCUT2D eigenvalue weighted by atomic mass is 19.4. The van der Waals surface area contributed by atoms with Crippen LogP contribution in [0.5, 0.6) is 5.75 Å². The largest absolute Gasteiger partial charge is 0.573 e. The molecule has 1 aromatic heterocycles. The number of carbonyl (C=O) groups is 1. The fourth-order valence-corrected chi connectivity index (χ4v) is 1.76. The van der Waals surface area contributed by atoms with Crippen LogP contribution in [0.25, 0.3) is 11.3 Å². The van der Waals surface area contributed by atoms with Crippen molar-refractivity contribution < 1.29 is 27.4 Å². The molecular formula is C14H11F3N2O3. The van der Waals surface area contributed by atoms with Crippen molar-refractivity contribution in [3.05, 3.63) is 41.9 Å². The Bertz CT molecular complexity index is 702. The molecule has 0 unspecified atom stereocenters. The zero-order valence-electron chi connectivity index (χ0n) is 11.6. The molecule has 0 aliphatic carbocycles. The molecule has 0 saturated carbocycles. The monoisotopic (exact) mass is 312 g/mol. The molecule has 0 aliphatic heterocycles. The number of ether oxygens (including phenoxy) is 2. The molecule has 0 atom stereocenters. The van der Waals surface area contributed by atoms with E-state index in [1.165, 1.54) is 44.6 Å². The van der Waals surface area contributed by atoms with E-state index in [2.05, 4.69) is 19.4 Å². The standard InChI is InChI=1S/C14H11F3N2O3/c1-8-5-9(3-4-12(8)22-14(15,16)17)10-6-18-7-11(19-10)13(20)21-2/h3-7H,1-2H3. The second-order valence-corrected chi connectivity index (χ2v) is 4.31. The topological polar surface area (TPSA) is 61.3 Å². The van der Waals surface area contributed by atoms with Crippen molar-refractivity contribution in [2.75, 3.05) is 7.11 Å². The molecule has 0 N–H and O–H groups in total. The summed E-state index contributed by atoms with van der Waals surface area (Å²) in [6.07, 6.45) is -2.12. The number of methoxy groups -OCH3 is 1. The molecule has 0 aliphatic rings. The number of rotatable bonds is 3. The molecule has 0 bridgehead atoms. The first kappa shape index (κ1) is 15.7. The number of aromatic nitrogens is 2. The Kier molecular flexibility index (Phi) is 4.30. The van der Waals surface area contributed by atoms with Gasteiger partial charge >= 0.3 is 12.3 Å². The molecule has 5 nitrogen and oxygen atoms in total. The number of hydrogen-bond acceptors (Lipinski definition) is 5. The van der Waals surface area contributed by atoms with Crippen molar-refractivity contribution in [3.63, 3.8) is 0 Å². The zero-order valence-corrected chi connectivity index (χ0v) is 11.6. The van der Waals surface area contributed by atoms with Crippen LogP contribution in [0.1, 0.15) is 16.1 Å². The minimum absolute atomic E-state index is 0.00766. The molecule has 0 spiro atoms. The molecule has 0 fully saturated rings. The average molecular weight is 312 g/mol. The van der Waals surface area contributed by atoms with Crippen LogP contribution in [0.2, 0.25) is 0 Å². The molecule has 2 aromatic rings. The third-order valence-corrected chi connectivity index (χ3v) is 2.73. The Balaban J connectivity index is 2.34. The highest BCUT2D eigenvalue weighted by Gasteiger charge is 2.31. The Morgan fingerprint density at radius 1 is 1.23 bits per heavy atom. The summed E-state index contributed by atoms with van der Waals surface area (Å²) >= 11 is 0. The molecule has 0 amide bonds. The maximum absolute atomic E-state index is 12.2. The summed E-state index contributed by atoms with van der Waals surface area (Å²) in [5.41, 5.74) is 1.13. The fraction of sp³-hybridized carbons (Fsp3) is 0.214. The van der Waals surface area contributed by atoms with E-state index in [0.29, 0.717) is 11.3 Å². The third-order valence-electron chi connectivity index (χ3n) is 2.73. The van der Waals surface area contributed by atoms with Crippen LogP contribution in [0.4, 0.5) is 13.2 Å². The lowest BCUT2D eigenvalue weighted by molar-refractivity contribution is -0.274. The fourth-order valence-electron chi connectivity index (χ4n) is 1.76. The Morgan fingerprint density at radius 2 is 1.95 bits per heavy atom. The number of hydrogen-bond donors (Lipinski definition) is 0. The van der Waals surface area contributed by atoms with Gasteiger partial charge in [0.2, 0.25) is 0 Å². The van der Waals surface area contributed by atoms with Crippen LogP contribution in [-0.4, -0.2) is 29.4 Å². The summed E-state index contributed by atoms with van der Waals surface area (Å²) in [4.78, 5) is 19.3. The van der Waals surface area contributed by atoms with Gasteiger partial charge in [-0.25, -0.2) is 9.78 Å². The lowest BCUT2D eigenvalue weighted by Crippen LogP contribution is -2.17. The highest BCUT2D eigenvalue weighted by Crippen LogP contribution is 2.29. The van der Waals surface area contributed by atoms with Gasteiger partial charge in [0.25, 0.3) is 0 Å². The molecule has 8 heteroatoms. The second kappa shape index (κ2) is 6.00.